The van der Waals surface area contributed by atoms with Gasteiger partial charge in [-0.15, -0.1) is 0 Å². The summed E-state index contributed by atoms with van der Waals surface area (Å²) in [4.78, 5) is 11.8. The SMILES string of the molecule is COc1ccc2ncc3c(c2n1)C(CN1CCC(NC(C2=CC=CCC2)C2=COC=CO2)CC1)CO3. The fraction of sp³-hybridized carbons (Fsp3) is 0.429. The molecule has 188 valence electrons. The molecule has 1 N–H and O–H groups in total. The highest BCUT2D eigenvalue weighted by Crippen LogP contribution is 2.39. The van der Waals surface area contributed by atoms with Gasteiger partial charge < -0.3 is 29.2 Å². The molecule has 8 nitrogen and oxygen atoms in total. The maximum Gasteiger partial charge on any atom is 0.213 e. The number of nitrogens with zero attached hydrogens (tertiary/aromatic N) is 3. The summed E-state index contributed by atoms with van der Waals surface area (Å²) in [6.07, 6.45) is 17.5. The third kappa shape index (κ3) is 4.70. The zero-order valence-corrected chi connectivity index (χ0v) is 20.6. The molecular weight excluding hydrogens is 456 g/mol. The lowest BCUT2D eigenvalue weighted by molar-refractivity contribution is 0.168. The van der Waals surface area contributed by atoms with Crippen molar-refractivity contribution in [2.45, 2.75) is 43.7 Å². The second-order valence-electron chi connectivity index (χ2n) is 9.69. The zero-order chi connectivity index (χ0) is 24.3. The largest absolute Gasteiger partial charge is 0.491 e. The van der Waals surface area contributed by atoms with E-state index in [0.29, 0.717) is 18.5 Å². The third-order valence-electron chi connectivity index (χ3n) is 7.44. The predicted molar refractivity (Wildman–Crippen MR) is 137 cm³/mol. The summed E-state index contributed by atoms with van der Waals surface area (Å²) < 4.78 is 22.6. The van der Waals surface area contributed by atoms with E-state index in [4.69, 9.17) is 23.9 Å². The summed E-state index contributed by atoms with van der Waals surface area (Å²) in [5, 5.41) is 3.87. The molecule has 0 radical (unpaired) electrons. The quantitative estimate of drug-likeness (QED) is 0.622. The molecule has 1 saturated heterocycles. The first kappa shape index (κ1) is 23.1. The van der Waals surface area contributed by atoms with Crippen molar-refractivity contribution < 1.29 is 18.9 Å². The molecule has 0 spiro atoms. The van der Waals surface area contributed by atoms with Crippen LogP contribution in [0.3, 0.4) is 0 Å². The molecule has 3 aliphatic heterocycles. The number of piperidine rings is 1. The van der Waals surface area contributed by atoms with E-state index < -0.39 is 0 Å². The number of likely N-dealkylation sites (tertiary alicyclic amines) is 1. The molecule has 0 aromatic carbocycles. The minimum absolute atomic E-state index is 0.0338. The third-order valence-corrected chi connectivity index (χ3v) is 7.44. The average molecular weight is 489 g/mol. The van der Waals surface area contributed by atoms with E-state index in [1.165, 1.54) is 5.57 Å². The van der Waals surface area contributed by atoms with Crippen LogP contribution in [0.5, 0.6) is 11.6 Å². The second-order valence-corrected chi connectivity index (χ2v) is 9.69. The molecule has 2 aromatic rings. The van der Waals surface area contributed by atoms with Gasteiger partial charge in [0, 0.05) is 30.1 Å². The molecule has 6 rings (SSSR count). The van der Waals surface area contributed by atoms with Crippen molar-refractivity contribution >= 4 is 11.0 Å². The molecule has 1 aliphatic carbocycles. The Balaban J connectivity index is 1.11. The van der Waals surface area contributed by atoms with Gasteiger partial charge in [0.25, 0.3) is 0 Å². The van der Waals surface area contributed by atoms with Crippen LogP contribution in [0.4, 0.5) is 0 Å². The van der Waals surface area contributed by atoms with Gasteiger partial charge in [-0.25, -0.2) is 4.98 Å². The summed E-state index contributed by atoms with van der Waals surface area (Å²) in [5.74, 6) is 2.54. The van der Waals surface area contributed by atoms with Gasteiger partial charge in [0.05, 0.1) is 31.5 Å². The lowest BCUT2D eigenvalue weighted by Crippen LogP contribution is -2.48. The van der Waals surface area contributed by atoms with Gasteiger partial charge in [0.2, 0.25) is 5.88 Å². The summed E-state index contributed by atoms with van der Waals surface area (Å²) >= 11 is 0. The lowest BCUT2D eigenvalue weighted by Gasteiger charge is -2.36. The number of rotatable bonds is 7. The minimum atomic E-state index is 0.0338. The van der Waals surface area contributed by atoms with Crippen LogP contribution in [0.15, 0.2) is 66.7 Å². The fourth-order valence-electron chi connectivity index (χ4n) is 5.56. The van der Waals surface area contributed by atoms with E-state index in [1.807, 2.05) is 18.3 Å². The highest BCUT2D eigenvalue weighted by molar-refractivity contribution is 5.81. The molecule has 8 heteroatoms. The molecular formula is C28H32N4O4. The summed E-state index contributed by atoms with van der Waals surface area (Å²) in [6, 6.07) is 4.27. The highest BCUT2D eigenvalue weighted by atomic mass is 16.5. The number of allylic oxidation sites excluding steroid dienone is 3. The fourth-order valence-corrected chi connectivity index (χ4v) is 5.56. The Labute approximate surface area is 211 Å². The highest BCUT2D eigenvalue weighted by Gasteiger charge is 2.32. The van der Waals surface area contributed by atoms with E-state index in [0.717, 1.165) is 73.4 Å². The van der Waals surface area contributed by atoms with Crippen LogP contribution in [0.1, 0.15) is 37.2 Å². The molecule has 4 aliphatic rings. The number of hydrogen-bond acceptors (Lipinski definition) is 8. The molecule has 5 heterocycles. The number of hydrogen-bond donors (Lipinski definition) is 1. The summed E-state index contributed by atoms with van der Waals surface area (Å²) in [6.45, 7) is 3.68. The Bertz CT molecular complexity index is 1230. The first-order valence-corrected chi connectivity index (χ1v) is 12.8. The lowest BCUT2D eigenvalue weighted by atomic mass is 9.93. The molecule has 0 amide bonds. The van der Waals surface area contributed by atoms with Crippen molar-refractivity contribution in [3.63, 3.8) is 0 Å². The van der Waals surface area contributed by atoms with Crippen molar-refractivity contribution in [3.8, 4) is 11.6 Å². The molecule has 0 bridgehead atoms. The van der Waals surface area contributed by atoms with Gasteiger partial charge in [-0.3, -0.25) is 4.98 Å². The first-order chi connectivity index (χ1) is 17.8. The van der Waals surface area contributed by atoms with Gasteiger partial charge in [0.1, 0.15) is 30.1 Å². The van der Waals surface area contributed by atoms with E-state index in [2.05, 4.69) is 33.4 Å². The Morgan fingerprint density at radius 1 is 1.22 bits per heavy atom. The minimum Gasteiger partial charge on any atom is -0.491 e. The monoisotopic (exact) mass is 488 g/mol. The van der Waals surface area contributed by atoms with Crippen LogP contribution in [-0.2, 0) is 9.47 Å². The smallest absolute Gasteiger partial charge is 0.213 e. The number of ether oxygens (including phenoxy) is 4. The van der Waals surface area contributed by atoms with Crippen molar-refractivity contribution in [1.82, 2.24) is 20.2 Å². The second kappa shape index (κ2) is 10.3. The Hall–Kier alpha value is -3.36. The first-order valence-electron chi connectivity index (χ1n) is 12.8. The molecule has 2 unspecified atom stereocenters. The van der Waals surface area contributed by atoms with Crippen LogP contribution >= 0.6 is 0 Å². The van der Waals surface area contributed by atoms with Crippen molar-refractivity contribution in [2.24, 2.45) is 0 Å². The zero-order valence-electron chi connectivity index (χ0n) is 20.6. The van der Waals surface area contributed by atoms with Gasteiger partial charge in [-0.05, 0) is 50.4 Å². The van der Waals surface area contributed by atoms with Crippen LogP contribution in [-0.4, -0.2) is 60.3 Å². The molecule has 1 fully saturated rings. The maximum absolute atomic E-state index is 6.01. The Morgan fingerprint density at radius 3 is 2.92 bits per heavy atom. The van der Waals surface area contributed by atoms with Crippen LogP contribution < -0.4 is 14.8 Å². The van der Waals surface area contributed by atoms with Gasteiger partial charge in [-0.1, -0.05) is 18.2 Å². The Kier molecular flexibility index (Phi) is 6.61. The van der Waals surface area contributed by atoms with Crippen LogP contribution in [0, 0.1) is 0 Å². The van der Waals surface area contributed by atoms with E-state index >= 15 is 0 Å². The normalized spacial score (nSPS) is 22.8. The number of aromatic nitrogens is 2. The van der Waals surface area contributed by atoms with Crippen LogP contribution in [0.2, 0.25) is 0 Å². The standard InChI is InChI=1S/C28H32N4O4/c1-33-25-8-7-22-28(31-25)26-20(17-36-23(26)15-29-22)16-32-11-9-21(10-12-32)30-27(19-5-3-2-4-6-19)24-18-34-13-14-35-24/h2-3,5,7-8,13-15,18,20-21,27,30H,4,6,9-12,16-17H2,1H3. The molecule has 36 heavy (non-hydrogen) atoms. The molecule has 2 aromatic heterocycles. The van der Waals surface area contributed by atoms with Crippen LogP contribution in [0.25, 0.3) is 11.0 Å². The van der Waals surface area contributed by atoms with E-state index in [1.54, 1.807) is 25.9 Å². The number of methoxy groups -OCH3 is 1. The number of fused-ring (bicyclic) bond motifs is 3. The maximum atomic E-state index is 6.01. The van der Waals surface area contributed by atoms with Crippen molar-refractivity contribution in [1.29, 1.82) is 0 Å². The average Bonchev–Trinajstić information content (AvgIpc) is 3.36. The summed E-state index contributed by atoms with van der Waals surface area (Å²) in [7, 11) is 1.64. The van der Waals surface area contributed by atoms with Crippen molar-refractivity contribution in [3.05, 3.63) is 72.2 Å². The van der Waals surface area contributed by atoms with Gasteiger partial charge in [-0.2, -0.15) is 0 Å². The molecule has 2 atom stereocenters. The van der Waals surface area contributed by atoms with Gasteiger partial charge in [0.15, 0.2) is 5.76 Å². The van der Waals surface area contributed by atoms with E-state index in [-0.39, 0.29) is 12.0 Å². The Morgan fingerprint density at radius 2 is 2.14 bits per heavy atom. The number of pyridine rings is 2. The number of nitrogens with one attached hydrogen (secondary N) is 1. The topological polar surface area (TPSA) is 78.0 Å². The van der Waals surface area contributed by atoms with E-state index in [9.17, 15) is 0 Å². The van der Waals surface area contributed by atoms with Gasteiger partial charge >= 0.3 is 0 Å². The van der Waals surface area contributed by atoms with Crippen molar-refractivity contribution in [2.75, 3.05) is 33.4 Å². The molecule has 0 saturated carbocycles. The summed E-state index contributed by atoms with van der Waals surface area (Å²) in [5.41, 5.74) is 4.27. The predicted octanol–water partition coefficient (Wildman–Crippen LogP) is 4.17.